The van der Waals surface area contributed by atoms with Crippen molar-refractivity contribution in [2.45, 2.75) is 13.8 Å². The third-order valence-corrected chi connectivity index (χ3v) is 5.49. The van der Waals surface area contributed by atoms with E-state index in [-0.39, 0.29) is 0 Å². The standard InChI is InChI=1S/C21H30N6O/c1-3-25-8-10-27(11-9-25)21-16-20(22-17(2)23-21)24-18-6-4-5-7-19(18)26-12-14-28-15-13-26/h4-7,16H,3,8-15H2,1-2H3,(H,22,23,24). The van der Waals surface area contributed by atoms with Crippen molar-refractivity contribution in [2.75, 3.05) is 74.1 Å². The Morgan fingerprint density at radius 3 is 2.46 bits per heavy atom. The molecule has 4 rings (SSSR count). The topological polar surface area (TPSA) is 56.8 Å². The van der Waals surface area contributed by atoms with Crippen LogP contribution in [0.4, 0.5) is 23.0 Å². The predicted octanol–water partition coefficient (Wildman–Crippen LogP) is 2.51. The second-order valence-corrected chi connectivity index (χ2v) is 7.32. The highest BCUT2D eigenvalue weighted by Gasteiger charge is 2.19. The number of benzene rings is 1. The lowest BCUT2D eigenvalue weighted by Gasteiger charge is -2.35. The van der Waals surface area contributed by atoms with Gasteiger partial charge in [-0.2, -0.15) is 0 Å². The fourth-order valence-electron chi connectivity index (χ4n) is 3.87. The minimum Gasteiger partial charge on any atom is -0.378 e. The maximum Gasteiger partial charge on any atom is 0.136 e. The van der Waals surface area contributed by atoms with Crippen molar-refractivity contribution >= 4 is 23.0 Å². The molecule has 0 aliphatic carbocycles. The molecule has 1 aromatic heterocycles. The van der Waals surface area contributed by atoms with E-state index in [4.69, 9.17) is 9.72 Å². The van der Waals surface area contributed by atoms with Crippen LogP contribution >= 0.6 is 0 Å². The number of piperazine rings is 1. The van der Waals surface area contributed by atoms with Gasteiger partial charge in [0.15, 0.2) is 0 Å². The number of aryl methyl sites for hydroxylation is 1. The Morgan fingerprint density at radius 1 is 0.964 bits per heavy atom. The highest BCUT2D eigenvalue weighted by atomic mass is 16.5. The van der Waals surface area contributed by atoms with Crippen molar-refractivity contribution < 1.29 is 4.74 Å². The molecular formula is C21H30N6O. The van der Waals surface area contributed by atoms with E-state index in [1.165, 1.54) is 5.69 Å². The summed E-state index contributed by atoms with van der Waals surface area (Å²) < 4.78 is 5.50. The number of hydrogen-bond donors (Lipinski definition) is 1. The Bertz CT molecular complexity index is 784. The zero-order chi connectivity index (χ0) is 19.3. The van der Waals surface area contributed by atoms with Crippen molar-refractivity contribution in [1.82, 2.24) is 14.9 Å². The summed E-state index contributed by atoms with van der Waals surface area (Å²) in [4.78, 5) is 16.5. The minimum absolute atomic E-state index is 0.773. The zero-order valence-corrected chi connectivity index (χ0v) is 16.9. The molecule has 0 bridgehead atoms. The smallest absolute Gasteiger partial charge is 0.136 e. The number of anilines is 4. The Labute approximate surface area is 167 Å². The number of para-hydroxylation sites is 2. The van der Waals surface area contributed by atoms with Crippen LogP contribution in [0.25, 0.3) is 0 Å². The molecule has 0 atom stereocenters. The van der Waals surface area contributed by atoms with Crippen LogP contribution in [0, 0.1) is 6.92 Å². The van der Waals surface area contributed by atoms with Gasteiger partial charge in [-0.25, -0.2) is 9.97 Å². The van der Waals surface area contributed by atoms with Gasteiger partial charge in [0.25, 0.3) is 0 Å². The van der Waals surface area contributed by atoms with E-state index >= 15 is 0 Å². The lowest BCUT2D eigenvalue weighted by Crippen LogP contribution is -2.46. The van der Waals surface area contributed by atoms with Crippen molar-refractivity contribution in [2.24, 2.45) is 0 Å². The molecule has 2 aliphatic heterocycles. The highest BCUT2D eigenvalue weighted by molar-refractivity contribution is 5.75. The first-order valence-electron chi connectivity index (χ1n) is 10.2. The van der Waals surface area contributed by atoms with Crippen LogP contribution in [-0.2, 0) is 4.74 Å². The second kappa shape index (κ2) is 8.75. The van der Waals surface area contributed by atoms with E-state index in [1.807, 2.05) is 6.92 Å². The van der Waals surface area contributed by atoms with Gasteiger partial charge in [0.1, 0.15) is 17.5 Å². The molecule has 7 heteroatoms. The fourth-order valence-corrected chi connectivity index (χ4v) is 3.87. The van der Waals surface area contributed by atoms with Gasteiger partial charge >= 0.3 is 0 Å². The largest absolute Gasteiger partial charge is 0.378 e. The quantitative estimate of drug-likeness (QED) is 0.853. The Morgan fingerprint density at radius 2 is 1.71 bits per heavy atom. The summed E-state index contributed by atoms with van der Waals surface area (Å²) in [7, 11) is 0. The summed E-state index contributed by atoms with van der Waals surface area (Å²) in [5, 5.41) is 3.54. The lowest BCUT2D eigenvalue weighted by atomic mass is 10.2. The number of hydrogen-bond acceptors (Lipinski definition) is 7. The van der Waals surface area contributed by atoms with Gasteiger partial charge in [-0.15, -0.1) is 0 Å². The van der Waals surface area contributed by atoms with E-state index in [9.17, 15) is 0 Å². The summed E-state index contributed by atoms with van der Waals surface area (Å²) in [6.45, 7) is 12.9. The predicted molar refractivity (Wildman–Crippen MR) is 114 cm³/mol. The van der Waals surface area contributed by atoms with E-state index in [1.54, 1.807) is 0 Å². The molecule has 0 radical (unpaired) electrons. The maximum absolute atomic E-state index is 5.50. The van der Waals surface area contributed by atoms with Crippen molar-refractivity contribution in [1.29, 1.82) is 0 Å². The van der Waals surface area contributed by atoms with Gasteiger partial charge in [-0.3, -0.25) is 0 Å². The number of likely N-dealkylation sites (N-methyl/N-ethyl adjacent to an activating group) is 1. The molecule has 1 aromatic carbocycles. The molecule has 0 spiro atoms. The van der Waals surface area contributed by atoms with Gasteiger partial charge in [-0.1, -0.05) is 19.1 Å². The van der Waals surface area contributed by atoms with E-state index in [0.717, 1.165) is 82.2 Å². The first-order chi connectivity index (χ1) is 13.7. The summed E-state index contributed by atoms with van der Waals surface area (Å²) in [6, 6.07) is 10.5. The Hall–Kier alpha value is -2.38. The minimum atomic E-state index is 0.773. The number of nitrogens with zero attached hydrogens (tertiary/aromatic N) is 5. The number of morpholine rings is 1. The van der Waals surface area contributed by atoms with Gasteiger partial charge in [0, 0.05) is 45.3 Å². The molecule has 2 aliphatic rings. The van der Waals surface area contributed by atoms with Crippen LogP contribution in [-0.4, -0.2) is 73.9 Å². The fraction of sp³-hybridized carbons (Fsp3) is 0.524. The molecule has 0 amide bonds. The maximum atomic E-state index is 5.50. The van der Waals surface area contributed by atoms with Crippen LogP contribution in [0.5, 0.6) is 0 Å². The van der Waals surface area contributed by atoms with Crippen molar-refractivity contribution in [3.63, 3.8) is 0 Å². The van der Waals surface area contributed by atoms with Gasteiger partial charge in [0.05, 0.1) is 24.6 Å². The number of rotatable bonds is 5. The number of ether oxygens (including phenoxy) is 1. The van der Waals surface area contributed by atoms with Gasteiger partial charge < -0.3 is 24.8 Å². The molecule has 1 N–H and O–H groups in total. The average Bonchev–Trinajstić information content (AvgIpc) is 2.74. The molecule has 0 unspecified atom stereocenters. The summed E-state index contributed by atoms with van der Waals surface area (Å²) in [6.07, 6.45) is 0. The van der Waals surface area contributed by atoms with E-state index in [2.05, 4.69) is 62.3 Å². The molecule has 7 nitrogen and oxygen atoms in total. The van der Waals surface area contributed by atoms with Gasteiger partial charge in [-0.05, 0) is 25.6 Å². The average molecular weight is 383 g/mol. The Balaban J connectivity index is 1.53. The summed E-state index contributed by atoms with van der Waals surface area (Å²) in [5.74, 6) is 2.65. The molecule has 2 aromatic rings. The third-order valence-electron chi connectivity index (χ3n) is 5.49. The first-order valence-corrected chi connectivity index (χ1v) is 10.2. The molecular weight excluding hydrogens is 352 g/mol. The Kier molecular flexibility index (Phi) is 5.92. The molecule has 28 heavy (non-hydrogen) atoms. The normalized spacial score (nSPS) is 18.4. The van der Waals surface area contributed by atoms with Crippen molar-refractivity contribution in [3.8, 4) is 0 Å². The van der Waals surface area contributed by atoms with Gasteiger partial charge in [0.2, 0.25) is 0 Å². The van der Waals surface area contributed by atoms with Crippen LogP contribution in [0.2, 0.25) is 0 Å². The third kappa shape index (κ3) is 4.36. The van der Waals surface area contributed by atoms with E-state index < -0.39 is 0 Å². The highest BCUT2D eigenvalue weighted by Crippen LogP contribution is 2.29. The van der Waals surface area contributed by atoms with Crippen LogP contribution < -0.4 is 15.1 Å². The SMILES string of the molecule is CCN1CCN(c2cc(Nc3ccccc3N3CCOCC3)nc(C)n2)CC1. The molecule has 2 fully saturated rings. The van der Waals surface area contributed by atoms with Crippen LogP contribution in [0.15, 0.2) is 30.3 Å². The number of aromatic nitrogens is 2. The summed E-state index contributed by atoms with van der Waals surface area (Å²) in [5.41, 5.74) is 2.27. The molecule has 150 valence electrons. The molecule has 3 heterocycles. The summed E-state index contributed by atoms with van der Waals surface area (Å²) >= 11 is 0. The monoisotopic (exact) mass is 382 g/mol. The lowest BCUT2D eigenvalue weighted by molar-refractivity contribution is 0.123. The van der Waals surface area contributed by atoms with Crippen LogP contribution in [0.1, 0.15) is 12.7 Å². The van der Waals surface area contributed by atoms with E-state index in [0.29, 0.717) is 0 Å². The van der Waals surface area contributed by atoms with Crippen LogP contribution in [0.3, 0.4) is 0 Å². The first kappa shape index (κ1) is 19.0. The second-order valence-electron chi connectivity index (χ2n) is 7.32. The molecule has 0 saturated carbocycles. The number of nitrogens with one attached hydrogen (secondary N) is 1. The molecule has 2 saturated heterocycles. The zero-order valence-electron chi connectivity index (χ0n) is 16.9. The van der Waals surface area contributed by atoms with Crippen molar-refractivity contribution in [3.05, 3.63) is 36.2 Å².